The topological polar surface area (TPSA) is 84.2 Å². The molecule has 3 heterocycles. The number of aromatic nitrogens is 3. The maximum absolute atomic E-state index is 13.3. The van der Waals surface area contributed by atoms with E-state index in [9.17, 15) is 4.79 Å². The van der Waals surface area contributed by atoms with Gasteiger partial charge in [0, 0.05) is 25.1 Å². The van der Waals surface area contributed by atoms with E-state index in [0.29, 0.717) is 43.4 Å². The molecule has 0 radical (unpaired) electrons. The Morgan fingerprint density at radius 2 is 2.00 bits per heavy atom. The van der Waals surface area contributed by atoms with Crippen LogP contribution in [0.15, 0.2) is 71.3 Å². The molecule has 1 saturated heterocycles. The lowest BCUT2D eigenvalue weighted by Gasteiger charge is -2.30. The monoisotopic (exact) mass is 456 g/mol. The van der Waals surface area contributed by atoms with E-state index in [1.165, 1.54) is 5.56 Å². The van der Waals surface area contributed by atoms with Gasteiger partial charge in [-0.15, -0.1) is 0 Å². The molecule has 174 valence electrons. The van der Waals surface area contributed by atoms with Gasteiger partial charge in [-0.3, -0.25) is 9.89 Å². The first kappa shape index (κ1) is 21.9. The number of nitrogens with zero attached hydrogens (tertiary/aromatic N) is 3. The number of para-hydroxylation sites is 1. The third-order valence-corrected chi connectivity index (χ3v) is 6.12. The average molecular weight is 457 g/mol. The number of hydrogen-bond donors (Lipinski definition) is 1. The van der Waals surface area contributed by atoms with Gasteiger partial charge in [0.2, 0.25) is 0 Å². The number of hydrogen-bond acceptors (Lipinski definition) is 5. The van der Waals surface area contributed by atoms with Crippen molar-refractivity contribution in [2.75, 3.05) is 19.7 Å². The molecule has 1 aliphatic heterocycles. The van der Waals surface area contributed by atoms with Crippen molar-refractivity contribution in [2.45, 2.75) is 32.1 Å². The number of carbonyl (C=O) groups is 1. The number of oxazole rings is 1. The molecule has 2 aromatic heterocycles. The normalized spacial score (nSPS) is 15.9. The van der Waals surface area contributed by atoms with Crippen LogP contribution in [0.3, 0.4) is 0 Å². The molecule has 0 saturated carbocycles. The van der Waals surface area contributed by atoms with E-state index in [4.69, 9.17) is 9.15 Å². The molecule has 1 aliphatic rings. The predicted octanol–water partition coefficient (Wildman–Crippen LogP) is 5.07. The van der Waals surface area contributed by atoms with Gasteiger partial charge in [0.05, 0.1) is 24.4 Å². The van der Waals surface area contributed by atoms with Crippen LogP contribution in [0, 0.1) is 0 Å². The maximum atomic E-state index is 13.3. The third-order valence-electron chi connectivity index (χ3n) is 6.12. The Labute approximate surface area is 198 Å². The molecule has 7 heteroatoms. The molecule has 0 spiro atoms. The lowest BCUT2D eigenvalue weighted by molar-refractivity contribution is 0.0692. The van der Waals surface area contributed by atoms with Crippen LogP contribution in [0.25, 0.3) is 11.3 Å². The number of ether oxygens (including phenoxy) is 1. The van der Waals surface area contributed by atoms with Crippen LogP contribution in [0.4, 0.5) is 0 Å². The van der Waals surface area contributed by atoms with Gasteiger partial charge in [-0.05, 0) is 43.5 Å². The quantitative estimate of drug-likeness (QED) is 0.420. The standard InChI is InChI=1S/C27H28N4O3/c1-2-33-25-13-7-6-12-22(25)23-16-24(30-29-23)27(32)31-14-8-11-20(18-31)26-28-17-21(34-26)15-19-9-4-3-5-10-19/h3-7,9-10,12-13,16-17,20H,2,8,11,14-15,18H2,1H3,(H,29,30). The van der Waals surface area contributed by atoms with Gasteiger partial charge in [-0.25, -0.2) is 4.98 Å². The van der Waals surface area contributed by atoms with E-state index in [1.807, 2.05) is 54.3 Å². The van der Waals surface area contributed by atoms with Crippen molar-refractivity contribution in [3.8, 4) is 17.0 Å². The molecule has 34 heavy (non-hydrogen) atoms. The first-order valence-electron chi connectivity index (χ1n) is 11.8. The van der Waals surface area contributed by atoms with E-state index < -0.39 is 0 Å². The minimum atomic E-state index is -0.0617. The van der Waals surface area contributed by atoms with Crippen LogP contribution in [-0.2, 0) is 6.42 Å². The largest absolute Gasteiger partial charge is 0.493 e. The number of aromatic amines is 1. The van der Waals surface area contributed by atoms with Crippen LogP contribution < -0.4 is 4.74 Å². The Bertz CT molecular complexity index is 1250. The van der Waals surface area contributed by atoms with Gasteiger partial charge >= 0.3 is 0 Å². The maximum Gasteiger partial charge on any atom is 0.271 e. The molecular formula is C27H28N4O3. The molecule has 0 aliphatic carbocycles. The van der Waals surface area contributed by atoms with Crippen molar-refractivity contribution in [2.24, 2.45) is 0 Å². The SMILES string of the molecule is CCOc1ccccc1-c1cc(C(=O)N2CCCC(c3ncc(Cc4ccccc4)o3)C2)[nH]n1. The van der Waals surface area contributed by atoms with Gasteiger partial charge < -0.3 is 14.1 Å². The summed E-state index contributed by atoms with van der Waals surface area (Å²) in [5.74, 6) is 2.33. The summed E-state index contributed by atoms with van der Waals surface area (Å²) in [6, 6.07) is 19.7. The molecule has 5 rings (SSSR count). The molecular weight excluding hydrogens is 428 g/mol. The van der Waals surface area contributed by atoms with Crippen LogP contribution in [0.1, 0.15) is 53.4 Å². The van der Waals surface area contributed by atoms with Crippen molar-refractivity contribution < 1.29 is 13.9 Å². The van der Waals surface area contributed by atoms with E-state index in [-0.39, 0.29) is 11.8 Å². The fourth-order valence-electron chi connectivity index (χ4n) is 4.45. The van der Waals surface area contributed by atoms with Gasteiger partial charge in [0.1, 0.15) is 17.2 Å². The molecule has 4 aromatic rings. The van der Waals surface area contributed by atoms with Crippen LogP contribution in [-0.4, -0.2) is 45.7 Å². The van der Waals surface area contributed by atoms with E-state index in [0.717, 1.165) is 29.9 Å². The average Bonchev–Trinajstić information content (AvgIpc) is 3.55. The zero-order chi connectivity index (χ0) is 23.3. The first-order chi connectivity index (χ1) is 16.7. The highest BCUT2D eigenvalue weighted by molar-refractivity contribution is 5.93. The van der Waals surface area contributed by atoms with Gasteiger partial charge in [-0.2, -0.15) is 5.10 Å². The third kappa shape index (κ3) is 4.73. The number of piperidine rings is 1. The number of benzene rings is 2. The van der Waals surface area contributed by atoms with Gasteiger partial charge in [0.15, 0.2) is 5.89 Å². The summed E-state index contributed by atoms with van der Waals surface area (Å²) in [6.45, 7) is 3.79. The zero-order valence-corrected chi connectivity index (χ0v) is 19.2. The summed E-state index contributed by atoms with van der Waals surface area (Å²) in [4.78, 5) is 19.6. The van der Waals surface area contributed by atoms with Gasteiger partial charge in [-0.1, -0.05) is 42.5 Å². The molecule has 7 nitrogen and oxygen atoms in total. The minimum Gasteiger partial charge on any atom is -0.493 e. The van der Waals surface area contributed by atoms with E-state index in [1.54, 1.807) is 12.3 Å². The van der Waals surface area contributed by atoms with Crippen LogP contribution in [0.5, 0.6) is 5.75 Å². The van der Waals surface area contributed by atoms with Gasteiger partial charge in [0.25, 0.3) is 5.91 Å². The highest BCUT2D eigenvalue weighted by Crippen LogP contribution is 2.31. The summed E-state index contributed by atoms with van der Waals surface area (Å²) in [5.41, 5.74) is 3.21. The second-order valence-electron chi connectivity index (χ2n) is 8.51. The number of H-pyrrole nitrogens is 1. The Morgan fingerprint density at radius 1 is 1.18 bits per heavy atom. The lowest BCUT2D eigenvalue weighted by atomic mass is 9.97. The van der Waals surface area contributed by atoms with Crippen molar-refractivity contribution in [3.63, 3.8) is 0 Å². The summed E-state index contributed by atoms with van der Waals surface area (Å²) in [7, 11) is 0. The van der Waals surface area contributed by atoms with Crippen LogP contribution in [0.2, 0.25) is 0 Å². The Balaban J connectivity index is 1.27. The Hall–Kier alpha value is -3.87. The fourth-order valence-corrected chi connectivity index (χ4v) is 4.45. The summed E-state index contributed by atoms with van der Waals surface area (Å²) >= 11 is 0. The highest BCUT2D eigenvalue weighted by atomic mass is 16.5. The Kier molecular flexibility index (Phi) is 6.42. The van der Waals surface area contributed by atoms with E-state index >= 15 is 0 Å². The highest BCUT2D eigenvalue weighted by Gasteiger charge is 2.29. The number of carbonyl (C=O) groups excluding carboxylic acids is 1. The lowest BCUT2D eigenvalue weighted by Crippen LogP contribution is -2.39. The minimum absolute atomic E-state index is 0.0617. The van der Waals surface area contributed by atoms with Crippen molar-refractivity contribution in [3.05, 3.63) is 89.8 Å². The van der Waals surface area contributed by atoms with Crippen LogP contribution >= 0.6 is 0 Å². The summed E-state index contributed by atoms with van der Waals surface area (Å²) in [5, 5.41) is 7.30. The zero-order valence-electron chi connectivity index (χ0n) is 19.2. The van der Waals surface area contributed by atoms with E-state index in [2.05, 4.69) is 27.3 Å². The molecule has 0 bridgehead atoms. The summed E-state index contributed by atoms with van der Waals surface area (Å²) < 4.78 is 11.8. The molecule has 2 aromatic carbocycles. The molecule has 1 atom stereocenters. The number of nitrogens with one attached hydrogen (secondary N) is 1. The Morgan fingerprint density at radius 3 is 2.85 bits per heavy atom. The number of likely N-dealkylation sites (tertiary alicyclic amines) is 1. The summed E-state index contributed by atoms with van der Waals surface area (Å²) in [6.07, 6.45) is 4.37. The first-order valence-corrected chi connectivity index (χ1v) is 11.8. The molecule has 1 fully saturated rings. The number of rotatable bonds is 7. The molecule has 1 unspecified atom stereocenters. The van der Waals surface area contributed by atoms with Crippen molar-refractivity contribution in [1.29, 1.82) is 0 Å². The molecule has 1 N–H and O–H groups in total. The second kappa shape index (κ2) is 9.95. The van der Waals surface area contributed by atoms with Crippen molar-refractivity contribution >= 4 is 5.91 Å². The fraction of sp³-hybridized carbons (Fsp3) is 0.296. The molecule has 1 amide bonds. The van der Waals surface area contributed by atoms with Crippen molar-refractivity contribution in [1.82, 2.24) is 20.1 Å². The predicted molar refractivity (Wildman–Crippen MR) is 129 cm³/mol. The number of amides is 1. The smallest absolute Gasteiger partial charge is 0.271 e. The second-order valence-corrected chi connectivity index (χ2v) is 8.51.